The monoisotopic (exact) mass is 307 g/mol. The van der Waals surface area contributed by atoms with Crippen molar-refractivity contribution in [2.75, 3.05) is 6.61 Å². The summed E-state index contributed by atoms with van der Waals surface area (Å²) >= 11 is 1.65. The maximum absolute atomic E-state index is 6.19. The molecule has 1 aromatic carbocycles. The Morgan fingerprint density at radius 1 is 1.33 bits per heavy atom. The summed E-state index contributed by atoms with van der Waals surface area (Å²) in [5.74, 6) is 1.67. The maximum atomic E-state index is 6.19. The molecule has 6 heteroatoms. The van der Waals surface area contributed by atoms with E-state index in [9.17, 15) is 0 Å². The molecule has 0 fully saturated rings. The predicted octanol–water partition coefficient (Wildman–Crippen LogP) is 2.96. The number of ether oxygens (including phenoxy) is 1. The van der Waals surface area contributed by atoms with E-state index in [2.05, 4.69) is 10.1 Å². The Kier molecular flexibility index (Phi) is 5.39. The molecule has 21 heavy (non-hydrogen) atoms. The van der Waals surface area contributed by atoms with E-state index in [1.165, 1.54) is 0 Å². The number of thioether (sulfide) groups is 1. The van der Waals surface area contributed by atoms with Crippen LogP contribution in [0.2, 0.25) is 0 Å². The molecular formula is C15H21N3O2S. The SMILES string of the molecule is CC(C)OCC(C)(N)c1noc(CSc2ccccc2)n1. The highest BCUT2D eigenvalue weighted by atomic mass is 32.2. The second-order valence-electron chi connectivity index (χ2n) is 5.39. The van der Waals surface area contributed by atoms with Crippen molar-refractivity contribution in [3.63, 3.8) is 0 Å². The highest BCUT2D eigenvalue weighted by Gasteiger charge is 2.28. The van der Waals surface area contributed by atoms with Crippen LogP contribution in [0.3, 0.4) is 0 Å². The van der Waals surface area contributed by atoms with Crippen molar-refractivity contribution < 1.29 is 9.26 Å². The van der Waals surface area contributed by atoms with E-state index in [-0.39, 0.29) is 6.10 Å². The molecule has 1 atom stereocenters. The van der Waals surface area contributed by atoms with Gasteiger partial charge in [0, 0.05) is 4.90 Å². The summed E-state index contributed by atoms with van der Waals surface area (Å²) < 4.78 is 10.8. The zero-order chi connectivity index (χ0) is 15.3. The minimum Gasteiger partial charge on any atom is -0.376 e. The Hall–Kier alpha value is -1.37. The highest BCUT2D eigenvalue weighted by molar-refractivity contribution is 7.98. The average Bonchev–Trinajstić information content (AvgIpc) is 2.94. The van der Waals surface area contributed by atoms with Gasteiger partial charge in [-0.15, -0.1) is 11.8 Å². The molecule has 2 rings (SSSR count). The summed E-state index contributed by atoms with van der Waals surface area (Å²) in [7, 11) is 0. The first-order valence-corrected chi connectivity index (χ1v) is 7.87. The highest BCUT2D eigenvalue weighted by Crippen LogP contribution is 2.23. The van der Waals surface area contributed by atoms with Gasteiger partial charge in [0.05, 0.1) is 18.5 Å². The molecule has 1 unspecified atom stereocenters. The van der Waals surface area contributed by atoms with Crippen molar-refractivity contribution in [2.24, 2.45) is 5.73 Å². The third kappa shape index (κ3) is 4.84. The minimum absolute atomic E-state index is 0.118. The Bertz CT molecular complexity index is 555. The van der Waals surface area contributed by atoms with Gasteiger partial charge in [-0.1, -0.05) is 23.4 Å². The molecule has 0 aliphatic rings. The van der Waals surface area contributed by atoms with E-state index >= 15 is 0 Å². The van der Waals surface area contributed by atoms with Crippen molar-refractivity contribution in [1.29, 1.82) is 0 Å². The van der Waals surface area contributed by atoms with E-state index in [1.54, 1.807) is 11.8 Å². The van der Waals surface area contributed by atoms with E-state index in [4.69, 9.17) is 15.0 Å². The average molecular weight is 307 g/mol. The molecule has 1 aromatic heterocycles. The van der Waals surface area contributed by atoms with Gasteiger partial charge in [-0.3, -0.25) is 0 Å². The second-order valence-corrected chi connectivity index (χ2v) is 6.44. The lowest BCUT2D eigenvalue weighted by molar-refractivity contribution is 0.0410. The van der Waals surface area contributed by atoms with Gasteiger partial charge < -0.3 is 15.0 Å². The van der Waals surface area contributed by atoms with Crippen LogP contribution in [0.5, 0.6) is 0 Å². The smallest absolute Gasteiger partial charge is 0.237 e. The molecule has 2 aromatic rings. The van der Waals surface area contributed by atoms with Crippen LogP contribution in [0.15, 0.2) is 39.8 Å². The van der Waals surface area contributed by atoms with E-state index in [0.717, 1.165) is 4.90 Å². The fraction of sp³-hybridized carbons (Fsp3) is 0.467. The summed E-state index contributed by atoms with van der Waals surface area (Å²) in [4.78, 5) is 5.53. The quantitative estimate of drug-likeness (QED) is 0.793. The third-order valence-corrected chi connectivity index (χ3v) is 3.80. The number of aromatic nitrogens is 2. The van der Waals surface area contributed by atoms with Crippen molar-refractivity contribution in [3.05, 3.63) is 42.0 Å². The van der Waals surface area contributed by atoms with Crippen molar-refractivity contribution in [1.82, 2.24) is 10.1 Å². The first kappa shape index (κ1) is 16.0. The van der Waals surface area contributed by atoms with Crippen molar-refractivity contribution in [3.8, 4) is 0 Å². The lowest BCUT2D eigenvalue weighted by Gasteiger charge is -2.21. The molecule has 0 saturated carbocycles. The predicted molar refractivity (Wildman–Crippen MR) is 82.9 cm³/mol. The van der Waals surface area contributed by atoms with Gasteiger partial charge in [0.2, 0.25) is 5.89 Å². The maximum Gasteiger partial charge on any atom is 0.237 e. The van der Waals surface area contributed by atoms with Gasteiger partial charge in [-0.2, -0.15) is 4.98 Å². The van der Waals surface area contributed by atoms with Crippen LogP contribution in [0.4, 0.5) is 0 Å². The summed E-state index contributed by atoms with van der Waals surface area (Å²) in [6.45, 7) is 6.13. The number of rotatable bonds is 7. The molecule has 0 bridgehead atoms. The van der Waals surface area contributed by atoms with Crippen LogP contribution >= 0.6 is 11.8 Å². The van der Waals surface area contributed by atoms with Crippen LogP contribution in [0.25, 0.3) is 0 Å². The van der Waals surface area contributed by atoms with Crippen LogP contribution in [0, 0.1) is 0 Å². The van der Waals surface area contributed by atoms with E-state index in [0.29, 0.717) is 24.1 Å². The second kappa shape index (κ2) is 7.06. The summed E-state index contributed by atoms with van der Waals surface area (Å²) in [6, 6.07) is 10.1. The molecule has 0 aliphatic heterocycles. The standard InChI is InChI=1S/C15H21N3O2S/c1-11(2)19-10-15(3,16)14-17-13(20-18-14)9-21-12-7-5-4-6-8-12/h4-8,11H,9-10,16H2,1-3H3. The van der Waals surface area contributed by atoms with Crippen LogP contribution in [-0.4, -0.2) is 22.9 Å². The molecule has 0 spiro atoms. The number of hydrogen-bond donors (Lipinski definition) is 1. The molecule has 5 nitrogen and oxygen atoms in total. The Morgan fingerprint density at radius 2 is 2.05 bits per heavy atom. The van der Waals surface area contributed by atoms with E-state index in [1.807, 2.05) is 51.1 Å². The van der Waals surface area contributed by atoms with Gasteiger partial charge in [0.1, 0.15) is 5.54 Å². The normalized spacial score (nSPS) is 14.3. The van der Waals surface area contributed by atoms with Gasteiger partial charge in [0.15, 0.2) is 5.82 Å². The number of nitrogens with two attached hydrogens (primary N) is 1. The van der Waals surface area contributed by atoms with Gasteiger partial charge >= 0.3 is 0 Å². The van der Waals surface area contributed by atoms with Gasteiger partial charge in [0.25, 0.3) is 0 Å². The van der Waals surface area contributed by atoms with Crippen molar-refractivity contribution >= 4 is 11.8 Å². The first-order valence-electron chi connectivity index (χ1n) is 6.89. The van der Waals surface area contributed by atoms with Crippen LogP contribution < -0.4 is 5.73 Å². The Balaban J connectivity index is 1.94. The molecule has 114 valence electrons. The van der Waals surface area contributed by atoms with Gasteiger partial charge in [-0.25, -0.2) is 0 Å². The van der Waals surface area contributed by atoms with Crippen LogP contribution in [0.1, 0.15) is 32.5 Å². The first-order chi connectivity index (χ1) is 9.97. The summed E-state index contributed by atoms with van der Waals surface area (Å²) in [6.07, 6.45) is 0.118. The molecular weight excluding hydrogens is 286 g/mol. The zero-order valence-corrected chi connectivity index (χ0v) is 13.4. The fourth-order valence-electron chi connectivity index (χ4n) is 1.61. The third-order valence-electron chi connectivity index (χ3n) is 2.80. The molecule has 0 amide bonds. The zero-order valence-electron chi connectivity index (χ0n) is 12.6. The number of nitrogens with zero attached hydrogens (tertiary/aromatic N) is 2. The number of hydrogen-bond acceptors (Lipinski definition) is 6. The molecule has 2 N–H and O–H groups in total. The van der Waals surface area contributed by atoms with Gasteiger partial charge in [-0.05, 0) is 32.9 Å². The largest absolute Gasteiger partial charge is 0.376 e. The Labute approximate surface area is 129 Å². The lowest BCUT2D eigenvalue weighted by Crippen LogP contribution is -2.40. The van der Waals surface area contributed by atoms with E-state index < -0.39 is 5.54 Å². The number of benzene rings is 1. The lowest BCUT2D eigenvalue weighted by atomic mass is 10.1. The molecule has 1 heterocycles. The summed E-state index contributed by atoms with van der Waals surface area (Å²) in [5, 5.41) is 3.97. The topological polar surface area (TPSA) is 74.2 Å². The molecule has 0 aliphatic carbocycles. The Morgan fingerprint density at radius 3 is 2.71 bits per heavy atom. The molecule has 0 saturated heterocycles. The minimum atomic E-state index is -0.747. The van der Waals surface area contributed by atoms with Crippen LogP contribution in [-0.2, 0) is 16.0 Å². The fourth-order valence-corrected chi connectivity index (χ4v) is 2.37. The molecule has 0 radical (unpaired) electrons. The van der Waals surface area contributed by atoms with Crippen molar-refractivity contribution in [2.45, 2.75) is 43.1 Å². The summed E-state index contributed by atoms with van der Waals surface area (Å²) in [5.41, 5.74) is 5.44.